The first-order valence-corrected chi connectivity index (χ1v) is 9.59. The van der Waals surface area contributed by atoms with Gasteiger partial charge in [-0.15, -0.1) is 10.2 Å². The van der Waals surface area contributed by atoms with Crippen LogP contribution in [0.15, 0.2) is 58.2 Å². The number of nitrogens with two attached hydrogens (primary N) is 1. The predicted octanol–water partition coefficient (Wildman–Crippen LogP) is 4.17. The summed E-state index contributed by atoms with van der Waals surface area (Å²) in [6, 6.07) is 11.6. The first kappa shape index (κ1) is 20.2. The molecule has 6 nitrogen and oxygen atoms in total. The molecular formula is C17H13BrF3N5OS. The Balaban J connectivity index is 1.62. The number of aromatic nitrogens is 3. The molecule has 0 saturated heterocycles. The number of amides is 1. The summed E-state index contributed by atoms with van der Waals surface area (Å²) in [7, 11) is 0. The van der Waals surface area contributed by atoms with Crippen LogP contribution in [0.1, 0.15) is 5.56 Å². The van der Waals surface area contributed by atoms with Crippen LogP contribution >= 0.6 is 27.7 Å². The molecule has 1 heterocycles. The largest absolute Gasteiger partial charge is 0.416 e. The van der Waals surface area contributed by atoms with Gasteiger partial charge in [0, 0.05) is 15.7 Å². The molecule has 3 aromatic rings. The van der Waals surface area contributed by atoms with E-state index in [1.165, 1.54) is 16.8 Å². The normalized spacial score (nSPS) is 11.4. The molecule has 3 N–H and O–H groups in total. The maximum Gasteiger partial charge on any atom is 0.416 e. The summed E-state index contributed by atoms with van der Waals surface area (Å²) >= 11 is 4.48. The van der Waals surface area contributed by atoms with Gasteiger partial charge in [0.05, 0.1) is 11.3 Å². The molecule has 0 fully saturated rings. The second-order valence-electron chi connectivity index (χ2n) is 5.57. The van der Waals surface area contributed by atoms with Crippen LogP contribution in [-0.4, -0.2) is 26.5 Å². The second-order valence-corrected chi connectivity index (χ2v) is 7.36. The van der Waals surface area contributed by atoms with Crippen molar-refractivity contribution >= 4 is 39.3 Å². The molecule has 3 rings (SSSR count). The number of thioether (sulfide) groups is 1. The van der Waals surface area contributed by atoms with E-state index in [4.69, 9.17) is 5.84 Å². The first-order valence-electron chi connectivity index (χ1n) is 7.81. The van der Waals surface area contributed by atoms with Gasteiger partial charge in [-0.25, -0.2) is 4.68 Å². The number of nitrogens with zero attached hydrogens (tertiary/aromatic N) is 3. The summed E-state index contributed by atoms with van der Waals surface area (Å²) in [5.41, 5.74) is 0.232. The minimum atomic E-state index is -4.42. The van der Waals surface area contributed by atoms with Crippen LogP contribution < -0.4 is 11.2 Å². The van der Waals surface area contributed by atoms with E-state index in [-0.39, 0.29) is 11.4 Å². The van der Waals surface area contributed by atoms with Crippen molar-refractivity contribution in [2.75, 3.05) is 16.9 Å². The second kappa shape index (κ2) is 8.23. The highest BCUT2D eigenvalue weighted by Crippen LogP contribution is 2.30. The Bertz CT molecular complexity index is 991. The third-order valence-corrected chi connectivity index (χ3v) is 5.24. The van der Waals surface area contributed by atoms with Gasteiger partial charge in [0.15, 0.2) is 5.82 Å². The molecule has 11 heteroatoms. The number of nitrogens with one attached hydrogen (secondary N) is 1. The van der Waals surface area contributed by atoms with E-state index in [1.54, 1.807) is 0 Å². The van der Waals surface area contributed by atoms with Crippen molar-refractivity contribution in [2.24, 2.45) is 0 Å². The van der Waals surface area contributed by atoms with Crippen LogP contribution in [0.3, 0.4) is 0 Å². The molecule has 0 aliphatic rings. The third-order valence-electron chi connectivity index (χ3n) is 3.61. The van der Waals surface area contributed by atoms with Crippen LogP contribution in [-0.2, 0) is 11.0 Å². The number of halogens is 4. The van der Waals surface area contributed by atoms with E-state index in [2.05, 4.69) is 31.4 Å². The third kappa shape index (κ3) is 4.65. The van der Waals surface area contributed by atoms with E-state index in [1.807, 2.05) is 24.3 Å². The Morgan fingerprint density at radius 1 is 1.14 bits per heavy atom. The van der Waals surface area contributed by atoms with Gasteiger partial charge >= 0.3 is 6.18 Å². The fourth-order valence-electron chi connectivity index (χ4n) is 2.27. The fourth-order valence-corrected chi connectivity index (χ4v) is 3.39. The van der Waals surface area contributed by atoms with Gasteiger partial charge in [0.25, 0.3) is 0 Å². The summed E-state index contributed by atoms with van der Waals surface area (Å²) in [5.74, 6) is 6.00. The Morgan fingerprint density at radius 3 is 2.46 bits per heavy atom. The van der Waals surface area contributed by atoms with Gasteiger partial charge in [-0.05, 0) is 36.4 Å². The Labute approximate surface area is 170 Å². The molecule has 28 heavy (non-hydrogen) atoms. The number of rotatable bonds is 5. The van der Waals surface area contributed by atoms with Crippen molar-refractivity contribution in [3.63, 3.8) is 0 Å². The smallest absolute Gasteiger partial charge is 0.335 e. The maximum atomic E-state index is 12.6. The van der Waals surface area contributed by atoms with Crippen molar-refractivity contribution in [1.82, 2.24) is 14.9 Å². The van der Waals surface area contributed by atoms with Crippen molar-refractivity contribution in [3.8, 4) is 11.4 Å². The molecule has 0 atom stereocenters. The lowest BCUT2D eigenvalue weighted by Gasteiger charge is -2.09. The zero-order chi connectivity index (χ0) is 20.3. The minimum Gasteiger partial charge on any atom is -0.335 e. The average Bonchev–Trinajstić information content (AvgIpc) is 3.00. The fraction of sp³-hybridized carbons (Fsp3) is 0.118. The van der Waals surface area contributed by atoms with Gasteiger partial charge in [-0.2, -0.15) is 13.2 Å². The minimum absolute atomic E-state index is 0.0354. The van der Waals surface area contributed by atoms with Crippen LogP contribution in [0.4, 0.5) is 18.9 Å². The van der Waals surface area contributed by atoms with Crippen LogP contribution in [0.5, 0.6) is 0 Å². The molecule has 146 valence electrons. The van der Waals surface area contributed by atoms with Crippen molar-refractivity contribution < 1.29 is 18.0 Å². The number of carbonyl (C=O) groups excluding carboxylic acids is 1. The molecule has 0 aliphatic heterocycles. The van der Waals surface area contributed by atoms with Crippen molar-refractivity contribution in [1.29, 1.82) is 0 Å². The summed E-state index contributed by atoms with van der Waals surface area (Å²) in [6.45, 7) is 0. The predicted molar refractivity (Wildman–Crippen MR) is 104 cm³/mol. The van der Waals surface area contributed by atoms with Crippen molar-refractivity contribution in [3.05, 3.63) is 58.6 Å². The van der Waals surface area contributed by atoms with E-state index in [0.29, 0.717) is 11.0 Å². The summed E-state index contributed by atoms with van der Waals surface area (Å²) in [4.78, 5) is 12.0. The van der Waals surface area contributed by atoms with Crippen LogP contribution in [0, 0.1) is 0 Å². The van der Waals surface area contributed by atoms with Gasteiger partial charge < -0.3 is 11.2 Å². The molecular weight excluding hydrogens is 459 g/mol. The molecule has 0 unspecified atom stereocenters. The van der Waals surface area contributed by atoms with Crippen LogP contribution in [0.25, 0.3) is 11.4 Å². The van der Waals surface area contributed by atoms with Crippen LogP contribution in [0.2, 0.25) is 0 Å². The van der Waals surface area contributed by atoms with Gasteiger partial charge in [0.1, 0.15) is 0 Å². The number of hydrogen-bond donors (Lipinski definition) is 2. The highest BCUT2D eigenvalue weighted by atomic mass is 79.9. The number of carbonyl (C=O) groups is 1. The van der Waals surface area contributed by atoms with E-state index in [9.17, 15) is 18.0 Å². The lowest BCUT2D eigenvalue weighted by molar-refractivity contribution is -0.137. The zero-order valence-electron chi connectivity index (χ0n) is 14.1. The average molecular weight is 472 g/mol. The monoisotopic (exact) mass is 471 g/mol. The Hall–Kier alpha value is -2.53. The van der Waals surface area contributed by atoms with Gasteiger partial charge in [-0.1, -0.05) is 39.8 Å². The van der Waals surface area contributed by atoms with E-state index >= 15 is 0 Å². The summed E-state index contributed by atoms with van der Waals surface area (Å²) in [5, 5.41) is 10.9. The number of benzene rings is 2. The summed E-state index contributed by atoms with van der Waals surface area (Å²) < 4.78 is 39.7. The highest BCUT2D eigenvalue weighted by molar-refractivity contribution is 9.10. The lowest BCUT2D eigenvalue weighted by Crippen LogP contribution is -2.16. The molecule has 0 spiro atoms. The SMILES string of the molecule is Nn1c(SCC(=O)Nc2ccc(C(F)(F)F)cc2)nnc1-c1ccccc1Br. The Morgan fingerprint density at radius 2 is 1.82 bits per heavy atom. The maximum absolute atomic E-state index is 12.6. The van der Waals surface area contributed by atoms with E-state index in [0.717, 1.165) is 33.9 Å². The van der Waals surface area contributed by atoms with Gasteiger partial charge in [-0.3, -0.25) is 4.79 Å². The summed E-state index contributed by atoms with van der Waals surface area (Å²) in [6.07, 6.45) is -4.42. The topological polar surface area (TPSA) is 85.8 Å². The lowest BCUT2D eigenvalue weighted by atomic mass is 10.2. The molecule has 1 amide bonds. The standard InChI is InChI=1S/C17H13BrF3N5OS/c18-13-4-2-1-3-12(13)15-24-25-16(26(15)22)28-9-14(27)23-11-7-5-10(6-8-11)17(19,20)21/h1-8H,9,22H2,(H,23,27). The molecule has 0 aliphatic carbocycles. The first-order chi connectivity index (χ1) is 13.3. The molecule has 1 aromatic heterocycles. The van der Waals surface area contributed by atoms with Gasteiger partial charge in [0.2, 0.25) is 11.1 Å². The number of alkyl halides is 3. The molecule has 2 aromatic carbocycles. The van der Waals surface area contributed by atoms with E-state index < -0.39 is 17.6 Å². The molecule has 0 saturated carbocycles. The van der Waals surface area contributed by atoms with Crippen molar-refractivity contribution in [2.45, 2.75) is 11.3 Å². The zero-order valence-corrected chi connectivity index (χ0v) is 16.5. The Kier molecular flexibility index (Phi) is 5.94. The number of nitrogen functional groups attached to an aromatic ring is 1. The molecule has 0 radical (unpaired) electrons. The molecule has 0 bridgehead atoms. The number of anilines is 1. The highest BCUT2D eigenvalue weighted by Gasteiger charge is 2.30. The quantitative estimate of drug-likeness (QED) is 0.430. The number of hydrogen-bond acceptors (Lipinski definition) is 5.